The fraction of sp³-hybridized carbons (Fsp3) is 0.500. The minimum atomic E-state index is 0.0541. The first-order valence-electron chi connectivity index (χ1n) is 4.29. The highest BCUT2D eigenvalue weighted by Gasteiger charge is 2.12. The average molecular weight is 243 g/mol. The number of rotatable bonds is 1. The van der Waals surface area contributed by atoms with Crippen molar-refractivity contribution in [2.24, 2.45) is 0 Å². The van der Waals surface area contributed by atoms with E-state index in [9.17, 15) is 0 Å². The van der Waals surface area contributed by atoms with E-state index in [0.717, 1.165) is 15.9 Å². The molecule has 0 bridgehead atoms. The van der Waals surface area contributed by atoms with Gasteiger partial charge in [0.25, 0.3) is 0 Å². The lowest BCUT2D eigenvalue weighted by molar-refractivity contribution is 0.629. The van der Waals surface area contributed by atoms with E-state index in [0.29, 0.717) is 0 Å². The van der Waals surface area contributed by atoms with Gasteiger partial charge in [-0.2, -0.15) is 0 Å². The van der Waals surface area contributed by atoms with Crippen molar-refractivity contribution in [3.8, 4) is 0 Å². The molecule has 0 radical (unpaired) electrons. The molecule has 0 aliphatic carbocycles. The van der Waals surface area contributed by atoms with Crippen LogP contribution in [0.1, 0.15) is 26.3 Å². The van der Waals surface area contributed by atoms with Crippen LogP contribution in [0.15, 0.2) is 16.7 Å². The molecule has 0 aliphatic rings. The van der Waals surface area contributed by atoms with Crippen LogP contribution in [-0.4, -0.2) is 10.5 Å². The molecule has 0 atom stereocenters. The van der Waals surface area contributed by atoms with Crippen molar-refractivity contribution in [1.82, 2.24) is 4.98 Å². The maximum Gasteiger partial charge on any atom is 0.130 e. The van der Waals surface area contributed by atoms with Crippen molar-refractivity contribution in [3.05, 3.63) is 22.3 Å². The van der Waals surface area contributed by atoms with Crippen LogP contribution in [0.2, 0.25) is 0 Å². The third kappa shape index (κ3) is 2.99. The molecule has 0 aliphatic heterocycles. The smallest absolute Gasteiger partial charge is 0.130 e. The third-order valence-electron chi connectivity index (χ3n) is 1.63. The highest BCUT2D eigenvalue weighted by Crippen LogP contribution is 2.23. The van der Waals surface area contributed by atoms with E-state index in [1.807, 2.05) is 13.0 Å². The van der Waals surface area contributed by atoms with Crippen LogP contribution in [0.5, 0.6) is 0 Å². The van der Waals surface area contributed by atoms with Gasteiger partial charge in [-0.15, -0.1) is 0 Å². The van der Waals surface area contributed by atoms with Gasteiger partial charge in [0.15, 0.2) is 0 Å². The van der Waals surface area contributed by atoms with Crippen LogP contribution >= 0.6 is 15.9 Å². The molecule has 1 aromatic heterocycles. The van der Waals surface area contributed by atoms with Crippen molar-refractivity contribution in [2.75, 3.05) is 5.32 Å². The van der Waals surface area contributed by atoms with Gasteiger partial charge < -0.3 is 5.32 Å². The number of pyridine rings is 1. The van der Waals surface area contributed by atoms with Gasteiger partial charge >= 0.3 is 0 Å². The Kier molecular flexibility index (Phi) is 2.96. The number of aromatic nitrogens is 1. The lowest BCUT2D eigenvalue weighted by atomic mass is 10.1. The van der Waals surface area contributed by atoms with Crippen LogP contribution in [0.3, 0.4) is 0 Å². The first kappa shape index (κ1) is 10.5. The molecule has 0 amide bonds. The summed E-state index contributed by atoms with van der Waals surface area (Å²) in [5, 5.41) is 3.35. The normalized spacial score (nSPS) is 11.5. The summed E-state index contributed by atoms with van der Waals surface area (Å²) >= 11 is 3.47. The summed E-state index contributed by atoms with van der Waals surface area (Å²) in [6, 6.07) is 1.95. The van der Waals surface area contributed by atoms with Gasteiger partial charge in [0.1, 0.15) is 5.82 Å². The van der Waals surface area contributed by atoms with Gasteiger partial charge in [0.05, 0.1) is 0 Å². The quantitative estimate of drug-likeness (QED) is 0.817. The standard InChI is InChI=1S/C10H15BrN2/c1-7-8(11)5-6-12-9(7)13-10(2,3)4/h5-6H,1-4H3,(H,12,13). The van der Waals surface area contributed by atoms with E-state index in [1.165, 1.54) is 0 Å². The number of hydrogen-bond acceptors (Lipinski definition) is 2. The Morgan fingerprint density at radius 2 is 2.00 bits per heavy atom. The zero-order chi connectivity index (χ0) is 10.1. The Morgan fingerprint density at radius 1 is 1.38 bits per heavy atom. The minimum Gasteiger partial charge on any atom is -0.365 e. The zero-order valence-corrected chi connectivity index (χ0v) is 10.1. The predicted molar refractivity (Wildman–Crippen MR) is 60.0 cm³/mol. The van der Waals surface area contributed by atoms with Crippen molar-refractivity contribution in [3.63, 3.8) is 0 Å². The van der Waals surface area contributed by atoms with Crippen LogP contribution in [-0.2, 0) is 0 Å². The largest absolute Gasteiger partial charge is 0.365 e. The molecule has 0 saturated carbocycles. The average Bonchev–Trinajstić information content (AvgIpc) is 1.96. The number of halogens is 1. The molecule has 0 fully saturated rings. The Labute approximate surface area is 87.9 Å². The number of hydrogen-bond donors (Lipinski definition) is 1. The van der Waals surface area contributed by atoms with Crippen molar-refractivity contribution >= 4 is 21.7 Å². The first-order valence-corrected chi connectivity index (χ1v) is 5.09. The molecule has 1 aromatic rings. The van der Waals surface area contributed by atoms with Crippen molar-refractivity contribution in [1.29, 1.82) is 0 Å². The van der Waals surface area contributed by atoms with Crippen LogP contribution in [0.4, 0.5) is 5.82 Å². The molecule has 0 aromatic carbocycles. The lowest BCUT2D eigenvalue weighted by Gasteiger charge is -2.22. The van der Waals surface area contributed by atoms with Gasteiger partial charge in [-0.05, 0) is 33.8 Å². The molecule has 0 spiro atoms. The first-order chi connectivity index (χ1) is 5.90. The maximum atomic E-state index is 4.28. The Hall–Kier alpha value is -0.570. The van der Waals surface area contributed by atoms with Crippen molar-refractivity contribution < 1.29 is 0 Å². The van der Waals surface area contributed by atoms with E-state index in [1.54, 1.807) is 6.20 Å². The molecule has 1 rings (SSSR count). The predicted octanol–water partition coefficient (Wildman–Crippen LogP) is 3.36. The molecule has 72 valence electrons. The lowest BCUT2D eigenvalue weighted by Crippen LogP contribution is -2.27. The number of nitrogens with one attached hydrogen (secondary N) is 1. The molecule has 2 nitrogen and oxygen atoms in total. The van der Waals surface area contributed by atoms with Gasteiger partial charge in [0, 0.05) is 21.8 Å². The topological polar surface area (TPSA) is 24.9 Å². The summed E-state index contributed by atoms with van der Waals surface area (Å²) in [6.45, 7) is 8.41. The van der Waals surface area contributed by atoms with E-state index < -0.39 is 0 Å². The van der Waals surface area contributed by atoms with Gasteiger partial charge in [0.2, 0.25) is 0 Å². The van der Waals surface area contributed by atoms with E-state index in [-0.39, 0.29) is 5.54 Å². The third-order valence-corrected chi connectivity index (χ3v) is 2.49. The molecule has 3 heteroatoms. The summed E-state index contributed by atoms with van der Waals surface area (Å²) < 4.78 is 1.09. The van der Waals surface area contributed by atoms with Crippen LogP contribution < -0.4 is 5.32 Å². The second-order valence-electron chi connectivity index (χ2n) is 4.14. The summed E-state index contributed by atoms with van der Waals surface area (Å²) in [6.07, 6.45) is 1.80. The summed E-state index contributed by atoms with van der Waals surface area (Å²) in [4.78, 5) is 4.28. The van der Waals surface area contributed by atoms with Gasteiger partial charge in [-0.1, -0.05) is 15.9 Å². The van der Waals surface area contributed by atoms with Crippen LogP contribution in [0.25, 0.3) is 0 Å². The summed E-state index contributed by atoms with van der Waals surface area (Å²) in [5.41, 5.74) is 1.20. The SMILES string of the molecule is Cc1c(Br)ccnc1NC(C)(C)C. The molecule has 13 heavy (non-hydrogen) atoms. The number of anilines is 1. The molecule has 0 unspecified atom stereocenters. The summed E-state index contributed by atoms with van der Waals surface area (Å²) in [5.74, 6) is 0.946. The fourth-order valence-electron chi connectivity index (χ4n) is 0.993. The Bertz CT molecular complexity index is 302. The Balaban J connectivity index is 2.96. The highest BCUT2D eigenvalue weighted by atomic mass is 79.9. The fourth-order valence-corrected chi connectivity index (χ4v) is 1.30. The molecule has 0 saturated heterocycles. The second kappa shape index (κ2) is 3.66. The summed E-state index contributed by atoms with van der Waals surface area (Å²) in [7, 11) is 0. The number of nitrogens with zero attached hydrogens (tertiary/aromatic N) is 1. The van der Waals surface area contributed by atoms with Gasteiger partial charge in [-0.3, -0.25) is 0 Å². The van der Waals surface area contributed by atoms with E-state index in [4.69, 9.17) is 0 Å². The maximum absolute atomic E-state index is 4.28. The minimum absolute atomic E-state index is 0.0541. The molecule has 1 heterocycles. The van der Waals surface area contributed by atoms with Crippen LogP contribution in [0, 0.1) is 6.92 Å². The highest BCUT2D eigenvalue weighted by molar-refractivity contribution is 9.10. The zero-order valence-electron chi connectivity index (χ0n) is 8.48. The van der Waals surface area contributed by atoms with Crippen molar-refractivity contribution in [2.45, 2.75) is 33.2 Å². The second-order valence-corrected chi connectivity index (χ2v) is 5.00. The monoisotopic (exact) mass is 242 g/mol. The van der Waals surface area contributed by atoms with E-state index in [2.05, 4.69) is 47.0 Å². The molecule has 1 N–H and O–H groups in total. The Morgan fingerprint density at radius 3 is 2.54 bits per heavy atom. The van der Waals surface area contributed by atoms with Gasteiger partial charge in [-0.25, -0.2) is 4.98 Å². The van der Waals surface area contributed by atoms with E-state index >= 15 is 0 Å². The molecular formula is C10H15BrN2. The molecular weight excluding hydrogens is 228 g/mol.